The zero-order valence-electron chi connectivity index (χ0n) is 9.73. The zero-order valence-corrected chi connectivity index (χ0v) is 10.5. The third-order valence-corrected chi connectivity index (χ3v) is 3.02. The number of carbonyl (C=O) groups is 1. The minimum absolute atomic E-state index is 0.0567. The van der Waals surface area contributed by atoms with Crippen molar-refractivity contribution in [1.82, 2.24) is 10.2 Å². The molecule has 6 heteroatoms. The molecule has 1 fully saturated rings. The van der Waals surface area contributed by atoms with Gasteiger partial charge < -0.3 is 20.7 Å². The van der Waals surface area contributed by atoms with Gasteiger partial charge in [0.15, 0.2) is 0 Å². The predicted octanol–water partition coefficient (Wildman–Crippen LogP) is -0.645. The van der Waals surface area contributed by atoms with Gasteiger partial charge in [0.2, 0.25) is 5.91 Å². The summed E-state index contributed by atoms with van der Waals surface area (Å²) >= 11 is 4.76. The summed E-state index contributed by atoms with van der Waals surface area (Å²) in [6.07, 6.45) is 0.0567. The van der Waals surface area contributed by atoms with Crippen LogP contribution in [-0.4, -0.2) is 55.2 Å². The third kappa shape index (κ3) is 4.03. The van der Waals surface area contributed by atoms with Crippen LogP contribution in [0.15, 0.2) is 0 Å². The summed E-state index contributed by atoms with van der Waals surface area (Å²) in [6.45, 7) is 4.69. The Morgan fingerprint density at radius 2 is 2.44 bits per heavy atom. The summed E-state index contributed by atoms with van der Waals surface area (Å²) in [5, 5.41) is 2.80. The average Bonchev–Trinajstić information content (AvgIpc) is 2.24. The van der Waals surface area contributed by atoms with Crippen molar-refractivity contribution in [2.45, 2.75) is 13.0 Å². The van der Waals surface area contributed by atoms with E-state index >= 15 is 0 Å². The number of carbonyl (C=O) groups excluding carboxylic acids is 1. The fourth-order valence-electron chi connectivity index (χ4n) is 1.49. The Morgan fingerprint density at radius 3 is 3.00 bits per heavy atom. The van der Waals surface area contributed by atoms with Gasteiger partial charge in [-0.25, -0.2) is 0 Å². The third-order valence-electron chi connectivity index (χ3n) is 2.67. The molecule has 0 aromatic carbocycles. The second-order valence-corrected chi connectivity index (χ2v) is 4.60. The van der Waals surface area contributed by atoms with Gasteiger partial charge >= 0.3 is 0 Å². The molecular weight excluding hydrogens is 226 g/mol. The Hall–Kier alpha value is -0.720. The molecule has 0 radical (unpaired) electrons. The van der Waals surface area contributed by atoms with E-state index in [9.17, 15) is 4.79 Å². The summed E-state index contributed by atoms with van der Waals surface area (Å²) in [5.74, 6) is -0.555. The maximum absolute atomic E-state index is 11.6. The van der Waals surface area contributed by atoms with Gasteiger partial charge in [-0.05, 0) is 14.0 Å². The standard InChI is InChI=1S/C10H19N3O2S/c1-7(9(11)16)10(14)12-5-8-6-13(2)3-4-15-8/h7-8H,3-6H2,1-2H3,(H2,11,16)(H,12,14). The van der Waals surface area contributed by atoms with E-state index in [0.29, 0.717) is 13.2 Å². The summed E-state index contributed by atoms with van der Waals surface area (Å²) in [7, 11) is 2.04. The van der Waals surface area contributed by atoms with Crippen LogP contribution in [-0.2, 0) is 9.53 Å². The van der Waals surface area contributed by atoms with Crippen molar-refractivity contribution in [3.05, 3.63) is 0 Å². The lowest BCUT2D eigenvalue weighted by Crippen LogP contribution is -2.47. The minimum atomic E-state index is -0.420. The molecule has 0 saturated carbocycles. The van der Waals surface area contributed by atoms with Crippen molar-refractivity contribution in [3.63, 3.8) is 0 Å². The first-order valence-electron chi connectivity index (χ1n) is 5.38. The molecule has 16 heavy (non-hydrogen) atoms. The van der Waals surface area contributed by atoms with Crippen molar-refractivity contribution in [2.24, 2.45) is 11.7 Å². The number of hydrogen-bond acceptors (Lipinski definition) is 4. The van der Waals surface area contributed by atoms with E-state index in [1.54, 1.807) is 6.92 Å². The molecule has 1 aliphatic heterocycles. The van der Waals surface area contributed by atoms with Crippen molar-refractivity contribution in [2.75, 3.05) is 33.3 Å². The Labute approximate surface area is 101 Å². The van der Waals surface area contributed by atoms with E-state index < -0.39 is 5.92 Å². The molecule has 2 atom stereocenters. The lowest BCUT2D eigenvalue weighted by atomic mass is 10.1. The highest BCUT2D eigenvalue weighted by atomic mass is 32.1. The number of likely N-dealkylation sites (N-methyl/N-ethyl adjacent to an activating group) is 1. The molecular formula is C10H19N3O2S. The highest BCUT2D eigenvalue weighted by Crippen LogP contribution is 2.02. The Kier molecular flexibility index (Phi) is 5.11. The van der Waals surface area contributed by atoms with E-state index in [2.05, 4.69) is 10.2 Å². The molecule has 3 N–H and O–H groups in total. The van der Waals surface area contributed by atoms with Crippen molar-refractivity contribution < 1.29 is 9.53 Å². The maximum atomic E-state index is 11.6. The molecule has 1 rings (SSSR count). The van der Waals surface area contributed by atoms with Gasteiger partial charge in [-0.2, -0.15) is 0 Å². The molecule has 0 bridgehead atoms. The van der Waals surface area contributed by atoms with Crippen LogP contribution in [0.5, 0.6) is 0 Å². The maximum Gasteiger partial charge on any atom is 0.229 e. The SMILES string of the molecule is CC(C(=O)NCC1CN(C)CCO1)C(N)=S. The molecule has 1 aliphatic rings. The number of morpholine rings is 1. The van der Waals surface area contributed by atoms with Gasteiger partial charge in [-0.15, -0.1) is 0 Å². The summed E-state index contributed by atoms with van der Waals surface area (Å²) in [5.41, 5.74) is 5.40. The van der Waals surface area contributed by atoms with Crippen molar-refractivity contribution >= 4 is 23.1 Å². The molecule has 0 aliphatic carbocycles. The molecule has 5 nitrogen and oxygen atoms in total. The second-order valence-electron chi connectivity index (χ2n) is 4.12. The number of nitrogens with two attached hydrogens (primary N) is 1. The highest BCUT2D eigenvalue weighted by Gasteiger charge is 2.20. The molecule has 1 saturated heterocycles. The molecule has 0 aromatic heterocycles. The van der Waals surface area contributed by atoms with Crippen LogP contribution in [0.25, 0.3) is 0 Å². The smallest absolute Gasteiger partial charge is 0.229 e. The van der Waals surface area contributed by atoms with E-state index in [1.807, 2.05) is 7.05 Å². The minimum Gasteiger partial charge on any atom is -0.393 e. The molecule has 1 amide bonds. The van der Waals surface area contributed by atoms with Crippen LogP contribution >= 0.6 is 12.2 Å². The number of ether oxygens (including phenoxy) is 1. The van der Waals surface area contributed by atoms with Crippen LogP contribution in [0, 0.1) is 5.92 Å². The monoisotopic (exact) mass is 245 g/mol. The topological polar surface area (TPSA) is 67.6 Å². The van der Waals surface area contributed by atoms with Crippen molar-refractivity contribution in [3.8, 4) is 0 Å². The highest BCUT2D eigenvalue weighted by molar-refractivity contribution is 7.80. The largest absolute Gasteiger partial charge is 0.393 e. The van der Waals surface area contributed by atoms with Gasteiger partial charge in [0.05, 0.1) is 23.6 Å². The predicted molar refractivity (Wildman–Crippen MR) is 66.2 cm³/mol. The summed E-state index contributed by atoms with van der Waals surface area (Å²) in [6, 6.07) is 0. The summed E-state index contributed by atoms with van der Waals surface area (Å²) < 4.78 is 5.52. The second kappa shape index (κ2) is 6.12. The Balaban J connectivity index is 2.28. The van der Waals surface area contributed by atoms with Crippen molar-refractivity contribution in [1.29, 1.82) is 0 Å². The van der Waals surface area contributed by atoms with Gasteiger partial charge in [-0.3, -0.25) is 4.79 Å². The fourth-order valence-corrected chi connectivity index (χ4v) is 1.59. The van der Waals surface area contributed by atoms with Crippen LogP contribution in [0.4, 0.5) is 0 Å². The lowest BCUT2D eigenvalue weighted by molar-refractivity contribution is -0.123. The zero-order chi connectivity index (χ0) is 12.1. The fraction of sp³-hybridized carbons (Fsp3) is 0.800. The number of amides is 1. The Bertz CT molecular complexity index is 273. The normalized spacial score (nSPS) is 23.8. The average molecular weight is 245 g/mol. The van der Waals surface area contributed by atoms with E-state index in [0.717, 1.165) is 13.1 Å². The molecule has 2 unspecified atom stereocenters. The van der Waals surface area contributed by atoms with Gasteiger partial charge in [-0.1, -0.05) is 12.2 Å². The van der Waals surface area contributed by atoms with Gasteiger partial charge in [0.25, 0.3) is 0 Å². The van der Waals surface area contributed by atoms with Gasteiger partial charge in [0, 0.05) is 19.6 Å². The number of hydrogen-bond donors (Lipinski definition) is 2. The first kappa shape index (κ1) is 13.3. The van der Waals surface area contributed by atoms with E-state index in [-0.39, 0.29) is 17.0 Å². The van der Waals surface area contributed by atoms with E-state index in [1.165, 1.54) is 0 Å². The first-order chi connectivity index (χ1) is 7.50. The molecule has 92 valence electrons. The van der Waals surface area contributed by atoms with Crippen LogP contribution in [0.2, 0.25) is 0 Å². The number of nitrogens with zero attached hydrogens (tertiary/aromatic N) is 1. The molecule has 0 spiro atoms. The van der Waals surface area contributed by atoms with Gasteiger partial charge in [0.1, 0.15) is 0 Å². The number of nitrogens with one attached hydrogen (secondary N) is 1. The quantitative estimate of drug-likeness (QED) is 0.645. The lowest BCUT2D eigenvalue weighted by Gasteiger charge is -2.30. The van der Waals surface area contributed by atoms with E-state index in [4.69, 9.17) is 22.7 Å². The molecule has 1 heterocycles. The number of rotatable bonds is 4. The number of thiocarbonyl (C=S) groups is 1. The van der Waals surface area contributed by atoms with Crippen LogP contribution in [0.1, 0.15) is 6.92 Å². The van der Waals surface area contributed by atoms with Crippen LogP contribution in [0.3, 0.4) is 0 Å². The molecule has 0 aromatic rings. The first-order valence-corrected chi connectivity index (χ1v) is 5.78. The Morgan fingerprint density at radius 1 is 1.75 bits per heavy atom. The van der Waals surface area contributed by atoms with Crippen LogP contribution < -0.4 is 11.1 Å². The summed E-state index contributed by atoms with van der Waals surface area (Å²) in [4.78, 5) is 14.0.